The van der Waals surface area contributed by atoms with Crippen LogP contribution in [0.1, 0.15) is 19.3 Å². The summed E-state index contributed by atoms with van der Waals surface area (Å²) in [7, 11) is 2.07. The van der Waals surface area contributed by atoms with Gasteiger partial charge >= 0.3 is 0 Å². The van der Waals surface area contributed by atoms with Crippen LogP contribution >= 0.6 is 0 Å². The summed E-state index contributed by atoms with van der Waals surface area (Å²) in [5.74, 6) is 0.809. The Balaban J connectivity index is 1.38. The van der Waals surface area contributed by atoms with E-state index >= 15 is 0 Å². The van der Waals surface area contributed by atoms with Crippen LogP contribution in [0.5, 0.6) is 5.75 Å². The molecule has 7 nitrogen and oxygen atoms in total. The standard InChI is InChI=1S/C21H24N6O/c1-26(19-6-9-22-14-21(19)7-8-21)20-23-13-17(24-25-20)16-5-4-15(12-18(16)28)27-10-2-3-11-27/h2-5,10-13,19,22,28H,6-9,14H2,1H3/t19-/m1/s1. The highest BCUT2D eigenvalue weighted by atomic mass is 16.3. The van der Waals surface area contributed by atoms with Crippen molar-refractivity contribution >= 4 is 5.95 Å². The van der Waals surface area contributed by atoms with E-state index in [1.807, 2.05) is 41.2 Å². The van der Waals surface area contributed by atoms with Gasteiger partial charge in [0.1, 0.15) is 11.4 Å². The number of anilines is 1. The van der Waals surface area contributed by atoms with E-state index < -0.39 is 0 Å². The highest BCUT2D eigenvalue weighted by molar-refractivity contribution is 5.68. The number of piperidine rings is 1. The van der Waals surface area contributed by atoms with Gasteiger partial charge in [-0.25, -0.2) is 4.98 Å². The molecule has 2 fully saturated rings. The molecule has 1 saturated carbocycles. The van der Waals surface area contributed by atoms with Crippen LogP contribution in [-0.4, -0.2) is 51.0 Å². The molecule has 3 aromatic rings. The maximum atomic E-state index is 10.5. The summed E-state index contributed by atoms with van der Waals surface area (Å²) >= 11 is 0. The summed E-state index contributed by atoms with van der Waals surface area (Å²) in [5.41, 5.74) is 2.47. The minimum atomic E-state index is 0.165. The Morgan fingerprint density at radius 2 is 2.04 bits per heavy atom. The van der Waals surface area contributed by atoms with Crippen LogP contribution in [0.25, 0.3) is 16.9 Å². The average molecular weight is 376 g/mol. The minimum Gasteiger partial charge on any atom is -0.507 e. The van der Waals surface area contributed by atoms with E-state index in [1.165, 1.54) is 12.8 Å². The number of aromatic nitrogens is 4. The summed E-state index contributed by atoms with van der Waals surface area (Å²) < 4.78 is 1.94. The van der Waals surface area contributed by atoms with Crippen molar-refractivity contribution in [1.29, 1.82) is 0 Å². The third-order valence-electron chi connectivity index (χ3n) is 6.16. The van der Waals surface area contributed by atoms with Crippen molar-refractivity contribution in [3.63, 3.8) is 0 Å². The van der Waals surface area contributed by atoms with E-state index in [1.54, 1.807) is 12.3 Å². The van der Waals surface area contributed by atoms with Crippen LogP contribution in [0.2, 0.25) is 0 Å². The molecule has 1 aromatic carbocycles. The molecule has 0 unspecified atom stereocenters. The number of aromatic hydroxyl groups is 1. The SMILES string of the molecule is CN(c1ncc(-c2ccc(-n3cccc3)cc2O)nn1)[C@@H]1CCNCC12CC2. The van der Waals surface area contributed by atoms with Gasteiger partial charge in [-0.15, -0.1) is 10.2 Å². The van der Waals surface area contributed by atoms with E-state index in [2.05, 4.69) is 32.4 Å². The quantitative estimate of drug-likeness (QED) is 0.729. The Morgan fingerprint density at radius 1 is 1.21 bits per heavy atom. The molecule has 1 aliphatic carbocycles. The number of nitrogens with one attached hydrogen (secondary N) is 1. The number of nitrogens with zero attached hydrogens (tertiary/aromatic N) is 5. The molecule has 0 amide bonds. The molecular weight excluding hydrogens is 352 g/mol. The molecule has 0 bridgehead atoms. The number of benzene rings is 1. The highest BCUT2D eigenvalue weighted by Gasteiger charge is 2.52. The van der Waals surface area contributed by atoms with Crippen LogP contribution in [0.4, 0.5) is 5.95 Å². The van der Waals surface area contributed by atoms with Crippen molar-refractivity contribution in [2.24, 2.45) is 5.41 Å². The molecule has 2 aromatic heterocycles. The molecule has 28 heavy (non-hydrogen) atoms. The number of hydrogen-bond acceptors (Lipinski definition) is 6. The number of rotatable bonds is 4. The lowest BCUT2D eigenvalue weighted by Gasteiger charge is -2.38. The van der Waals surface area contributed by atoms with Crippen LogP contribution in [-0.2, 0) is 0 Å². The Morgan fingerprint density at radius 3 is 2.71 bits per heavy atom. The maximum absolute atomic E-state index is 10.5. The fourth-order valence-electron chi connectivity index (χ4n) is 4.37. The smallest absolute Gasteiger partial charge is 0.245 e. The zero-order valence-corrected chi connectivity index (χ0v) is 15.9. The van der Waals surface area contributed by atoms with Crippen LogP contribution in [0.3, 0.4) is 0 Å². The lowest BCUT2D eigenvalue weighted by molar-refractivity contribution is 0.294. The van der Waals surface area contributed by atoms with Crippen LogP contribution in [0, 0.1) is 5.41 Å². The zero-order valence-electron chi connectivity index (χ0n) is 15.9. The van der Waals surface area contributed by atoms with Gasteiger partial charge in [0.05, 0.1) is 6.20 Å². The van der Waals surface area contributed by atoms with Crippen molar-refractivity contribution in [2.45, 2.75) is 25.3 Å². The third-order valence-corrected chi connectivity index (χ3v) is 6.16. The molecule has 3 heterocycles. The molecule has 5 rings (SSSR count). The molecule has 0 radical (unpaired) electrons. The topological polar surface area (TPSA) is 79.1 Å². The Kier molecular flexibility index (Phi) is 4.05. The number of hydrogen-bond donors (Lipinski definition) is 2. The molecular formula is C21H24N6O. The van der Waals surface area contributed by atoms with Gasteiger partial charge in [0, 0.05) is 54.8 Å². The van der Waals surface area contributed by atoms with Gasteiger partial charge in [-0.2, -0.15) is 0 Å². The Hall–Kier alpha value is -2.93. The Labute approximate surface area is 164 Å². The zero-order chi connectivity index (χ0) is 19.1. The normalized spacial score (nSPS) is 20.2. The van der Waals surface area contributed by atoms with E-state index in [-0.39, 0.29) is 5.75 Å². The molecule has 2 N–H and O–H groups in total. The summed E-state index contributed by atoms with van der Waals surface area (Å²) in [6.45, 7) is 2.11. The highest BCUT2D eigenvalue weighted by Crippen LogP contribution is 2.52. The van der Waals surface area contributed by atoms with E-state index in [9.17, 15) is 5.11 Å². The van der Waals surface area contributed by atoms with Crippen molar-refractivity contribution in [2.75, 3.05) is 25.0 Å². The summed E-state index contributed by atoms with van der Waals surface area (Å²) in [4.78, 5) is 6.73. The molecule has 144 valence electrons. The van der Waals surface area contributed by atoms with Crippen molar-refractivity contribution in [1.82, 2.24) is 25.1 Å². The van der Waals surface area contributed by atoms with Gasteiger partial charge in [0.25, 0.3) is 0 Å². The molecule has 1 saturated heterocycles. The van der Waals surface area contributed by atoms with Crippen molar-refractivity contribution in [3.8, 4) is 22.7 Å². The summed E-state index contributed by atoms with van der Waals surface area (Å²) in [6, 6.07) is 9.88. The molecule has 7 heteroatoms. The molecule has 2 aliphatic rings. The maximum Gasteiger partial charge on any atom is 0.245 e. The molecule has 1 atom stereocenters. The van der Waals surface area contributed by atoms with Crippen LogP contribution in [0.15, 0.2) is 48.9 Å². The second-order valence-corrected chi connectivity index (χ2v) is 7.89. The lowest BCUT2D eigenvalue weighted by Crippen LogP contribution is -2.50. The average Bonchev–Trinajstić information content (AvgIpc) is 3.27. The fourth-order valence-corrected chi connectivity index (χ4v) is 4.37. The first-order valence-corrected chi connectivity index (χ1v) is 9.76. The first kappa shape index (κ1) is 17.2. The van der Waals surface area contributed by atoms with Gasteiger partial charge in [-0.3, -0.25) is 0 Å². The fraction of sp³-hybridized carbons (Fsp3) is 0.381. The van der Waals surface area contributed by atoms with E-state index in [4.69, 9.17) is 0 Å². The second kappa shape index (κ2) is 6.60. The van der Waals surface area contributed by atoms with Gasteiger partial charge < -0.3 is 19.9 Å². The number of phenols is 1. The minimum absolute atomic E-state index is 0.165. The van der Waals surface area contributed by atoms with Gasteiger partial charge in [0.2, 0.25) is 5.95 Å². The first-order valence-electron chi connectivity index (χ1n) is 9.76. The van der Waals surface area contributed by atoms with E-state index in [0.29, 0.717) is 28.7 Å². The second-order valence-electron chi connectivity index (χ2n) is 7.89. The third kappa shape index (κ3) is 2.92. The lowest BCUT2D eigenvalue weighted by atomic mass is 9.89. The van der Waals surface area contributed by atoms with E-state index in [0.717, 1.165) is 25.2 Å². The van der Waals surface area contributed by atoms with Gasteiger partial charge in [0.15, 0.2) is 0 Å². The number of phenolic OH excluding ortho intramolecular Hbond substituents is 1. The molecule has 1 aliphatic heterocycles. The van der Waals surface area contributed by atoms with Crippen molar-refractivity contribution < 1.29 is 5.11 Å². The predicted molar refractivity (Wildman–Crippen MR) is 108 cm³/mol. The first-order chi connectivity index (χ1) is 13.7. The Bertz CT molecular complexity index is 965. The largest absolute Gasteiger partial charge is 0.507 e. The summed E-state index contributed by atoms with van der Waals surface area (Å²) in [6.07, 6.45) is 9.21. The van der Waals surface area contributed by atoms with Crippen molar-refractivity contribution in [3.05, 3.63) is 48.9 Å². The van der Waals surface area contributed by atoms with Gasteiger partial charge in [-0.1, -0.05) is 0 Å². The van der Waals surface area contributed by atoms with Crippen LogP contribution < -0.4 is 10.2 Å². The van der Waals surface area contributed by atoms with Gasteiger partial charge in [-0.05, 0) is 50.1 Å². The predicted octanol–water partition coefficient (Wildman–Crippen LogP) is 2.61. The monoisotopic (exact) mass is 376 g/mol. The molecule has 1 spiro atoms. The summed E-state index contributed by atoms with van der Waals surface area (Å²) in [5, 5.41) is 22.7.